The molecule has 20 heavy (non-hydrogen) atoms. The highest BCUT2D eigenvalue weighted by Gasteiger charge is 2.34. The molecule has 1 fully saturated rings. The Morgan fingerprint density at radius 3 is 2.55 bits per heavy atom. The van der Waals surface area contributed by atoms with E-state index in [1.54, 1.807) is 4.68 Å². The van der Waals surface area contributed by atoms with Crippen molar-refractivity contribution >= 4 is 5.91 Å². The highest BCUT2D eigenvalue weighted by atomic mass is 16.3. The van der Waals surface area contributed by atoms with Crippen molar-refractivity contribution in [3.63, 3.8) is 0 Å². The van der Waals surface area contributed by atoms with Gasteiger partial charge in [0.15, 0.2) is 0 Å². The largest absolute Gasteiger partial charge is 0.396 e. The molecular formula is C15H25N3O2. The summed E-state index contributed by atoms with van der Waals surface area (Å²) in [5.41, 5.74) is 1.57. The molecule has 0 saturated carbocycles. The fraction of sp³-hybridized carbons (Fsp3) is 0.733. The molecule has 2 heterocycles. The van der Waals surface area contributed by atoms with Crippen LogP contribution in [0, 0.1) is 12.3 Å². The Labute approximate surface area is 120 Å². The van der Waals surface area contributed by atoms with Crippen LogP contribution in [0.5, 0.6) is 0 Å². The molecule has 5 heteroatoms. The first-order chi connectivity index (χ1) is 9.55. The standard InChI is InChI=1S/C15H25N3O2/c1-4-15(11-19)6-8-17(9-7-15)14(20)13-10-12(3)16-18(13)5-2/h10,19H,4-9,11H2,1-3H3. The summed E-state index contributed by atoms with van der Waals surface area (Å²) in [6.45, 7) is 8.39. The maximum absolute atomic E-state index is 12.6. The van der Waals surface area contributed by atoms with Crippen LogP contribution in [0.2, 0.25) is 0 Å². The lowest BCUT2D eigenvalue weighted by Crippen LogP contribution is -2.44. The zero-order chi connectivity index (χ0) is 14.8. The van der Waals surface area contributed by atoms with E-state index in [-0.39, 0.29) is 17.9 Å². The van der Waals surface area contributed by atoms with Gasteiger partial charge in [-0.2, -0.15) is 5.10 Å². The van der Waals surface area contributed by atoms with Crippen molar-refractivity contribution < 1.29 is 9.90 Å². The molecule has 0 unspecified atom stereocenters. The molecule has 0 atom stereocenters. The summed E-state index contributed by atoms with van der Waals surface area (Å²) < 4.78 is 1.77. The van der Waals surface area contributed by atoms with E-state index in [9.17, 15) is 9.90 Å². The SMILES string of the molecule is CCn1nc(C)cc1C(=O)N1CCC(CC)(CO)CC1. The van der Waals surface area contributed by atoms with E-state index in [1.165, 1.54) is 0 Å². The van der Waals surface area contributed by atoms with E-state index in [1.807, 2.05) is 24.8 Å². The number of rotatable bonds is 4. The maximum Gasteiger partial charge on any atom is 0.272 e. The number of carbonyl (C=O) groups excluding carboxylic acids is 1. The van der Waals surface area contributed by atoms with Gasteiger partial charge >= 0.3 is 0 Å². The molecule has 2 rings (SSSR count). The predicted octanol–water partition coefficient (Wildman–Crippen LogP) is 1.84. The monoisotopic (exact) mass is 279 g/mol. The van der Waals surface area contributed by atoms with Crippen LogP contribution in [0.1, 0.15) is 49.3 Å². The van der Waals surface area contributed by atoms with Crippen molar-refractivity contribution in [2.75, 3.05) is 19.7 Å². The Morgan fingerprint density at radius 2 is 2.05 bits per heavy atom. The number of amides is 1. The van der Waals surface area contributed by atoms with Gasteiger partial charge in [0.2, 0.25) is 0 Å². The first-order valence-electron chi connectivity index (χ1n) is 7.50. The molecule has 0 bridgehead atoms. The van der Waals surface area contributed by atoms with Crippen molar-refractivity contribution in [3.05, 3.63) is 17.5 Å². The highest BCUT2D eigenvalue weighted by Crippen LogP contribution is 2.34. The number of aliphatic hydroxyl groups excluding tert-OH is 1. The minimum absolute atomic E-state index is 0.0116. The van der Waals surface area contributed by atoms with Gasteiger partial charge in [-0.25, -0.2) is 0 Å². The molecule has 1 amide bonds. The minimum atomic E-state index is 0.0116. The summed E-state index contributed by atoms with van der Waals surface area (Å²) >= 11 is 0. The van der Waals surface area contributed by atoms with Gasteiger partial charge in [0.1, 0.15) is 5.69 Å². The molecular weight excluding hydrogens is 254 g/mol. The first-order valence-corrected chi connectivity index (χ1v) is 7.50. The second kappa shape index (κ2) is 5.95. The van der Waals surface area contributed by atoms with Crippen molar-refractivity contribution in [1.29, 1.82) is 0 Å². The third kappa shape index (κ3) is 2.73. The van der Waals surface area contributed by atoms with E-state index in [2.05, 4.69) is 12.0 Å². The zero-order valence-electron chi connectivity index (χ0n) is 12.7. The van der Waals surface area contributed by atoms with Gasteiger partial charge in [0.25, 0.3) is 5.91 Å². The van der Waals surface area contributed by atoms with Gasteiger partial charge in [-0.3, -0.25) is 9.48 Å². The molecule has 0 radical (unpaired) electrons. The molecule has 0 spiro atoms. The minimum Gasteiger partial charge on any atom is -0.396 e. The Kier molecular flexibility index (Phi) is 4.48. The lowest BCUT2D eigenvalue weighted by atomic mass is 9.77. The molecule has 0 aliphatic carbocycles. The zero-order valence-corrected chi connectivity index (χ0v) is 12.7. The molecule has 1 N–H and O–H groups in total. The number of aryl methyl sites for hydroxylation is 2. The summed E-state index contributed by atoms with van der Waals surface area (Å²) in [5, 5.41) is 13.9. The van der Waals surface area contributed by atoms with Crippen LogP contribution in [0.15, 0.2) is 6.07 Å². The van der Waals surface area contributed by atoms with E-state index >= 15 is 0 Å². The van der Waals surface area contributed by atoms with Crippen LogP contribution in [0.25, 0.3) is 0 Å². The average molecular weight is 279 g/mol. The molecule has 1 aliphatic rings. The number of likely N-dealkylation sites (tertiary alicyclic amines) is 1. The molecule has 1 aromatic heterocycles. The summed E-state index contributed by atoms with van der Waals surface area (Å²) in [7, 11) is 0. The Morgan fingerprint density at radius 1 is 1.40 bits per heavy atom. The second-order valence-corrected chi connectivity index (χ2v) is 5.79. The second-order valence-electron chi connectivity index (χ2n) is 5.79. The number of hydrogen-bond acceptors (Lipinski definition) is 3. The molecule has 1 aliphatic heterocycles. The van der Waals surface area contributed by atoms with Crippen LogP contribution in [0.3, 0.4) is 0 Å². The van der Waals surface area contributed by atoms with Crippen LogP contribution in [0.4, 0.5) is 0 Å². The number of piperidine rings is 1. The normalized spacial score (nSPS) is 18.3. The summed E-state index contributed by atoms with van der Waals surface area (Å²) in [6, 6.07) is 1.86. The fourth-order valence-corrected chi connectivity index (χ4v) is 2.93. The van der Waals surface area contributed by atoms with Crippen molar-refractivity contribution in [2.24, 2.45) is 5.41 Å². The van der Waals surface area contributed by atoms with Gasteiger partial charge in [-0.1, -0.05) is 6.92 Å². The topological polar surface area (TPSA) is 58.4 Å². The molecule has 0 aromatic carbocycles. The number of hydrogen-bond donors (Lipinski definition) is 1. The van der Waals surface area contributed by atoms with Gasteiger partial charge in [-0.15, -0.1) is 0 Å². The summed E-state index contributed by atoms with van der Waals surface area (Å²) in [6.07, 6.45) is 2.73. The average Bonchev–Trinajstić information content (AvgIpc) is 2.87. The van der Waals surface area contributed by atoms with Crippen LogP contribution in [-0.2, 0) is 6.54 Å². The lowest BCUT2D eigenvalue weighted by molar-refractivity contribution is 0.0331. The number of carbonyl (C=O) groups is 1. The maximum atomic E-state index is 12.6. The number of nitrogens with zero attached hydrogens (tertiary/aromatic N) is 3. The number of aliphatic hydroxyl groups is 1. The highest BCUT2D eigenvalue weighted by molar-refractivity contribution is 5.92. The van der Waals surface area contributed by atoms with Gasteiger partial charge in [-0.05, 0) is 44.6 Å². The molecule has 1 aromatic rings. The van der Waals surface area contributed by atoms with E-state index < -0.39 is 0 Å². The molecule has 112 valence electrons. The third-order valence-electron chi connectivity index (χ3n) is 4.62. The summed E-state index contributed by atoms with van der Waals surface area (Å²) in [5.74, 6) is 0.0649. The first kappa shape index (κ1) is 15.0. The smallest absolute Gasteiger partial charge is 0.272 e. The van der Waals surface area contributed by atoms with Crippen molar-refractivity contribution in [3.8, 4) is 0 Å². The van der Waals surface area contributed by atoms with Crippen molar-refractivity contribution in [2.45, 2.75) is 46.6 Å². The summed E-state index contributed by atoms with van der Waals surface area (Å²) in [4.78, 5) is 14.5. The quantitative estimate of drug-likeness (QED) is 0.915. The Bertz CT molecular complexity index is 467. The van der Waals surface area contributed by atoms with Crippen LogP contribution < -0.4 is 0 Å². The van der Waals surface area contributed by atoms with E-state index in [4.69, 9.17) is 0 Å². The third-order valence-corrected chi connectivity index (χ3v) is 4.62. The predicted molar refractivity (Wildman–Crippen MR) is 77.6 cm³/mol. The van der Waals surface area contributed by atoms with E-state index in [0.717, 1.165) is 38.0 Å². The van der Waals surface area contributed by atoms with E-state index in [0.29, 0.717) is 12.2 Å². The van der Waals surface area contributed by atoms with Gasteiger partial charge in [0, 0.05) is 26.2 Å². The van der Waals surface area contributed by atoms with Gasteiger partial charge in [0.05, 0.1) is 5.69 Å². The number of aromatic nitrogens is 2. The van der Waals surface area contributed by atoms with Gasteiger partial charge < -0.3 is 10.0 Å². The fourth-order valence-electron chi connectivity index (χ4n) is 2.93. The van der Waals surface area contributed by atoms with Crippen LogP contribution >= 0.6 is 0 Å². The molecule has 5 nitrogen and oxygen atoms in total. The van der Waals surface area contributed by atoms with Crippen LogP contribution in [-0.4, -0.2) is 45.4 Å². The Hall–Kier alpha value is -1.36. The lowest BCUT2D eigenvalue weighted by Gasteiger charge is -2.40. The Balaban J connectivity index is 2.08. The molecule has 1 saturated heterocycles. The van der Waals surface area contributed by atoms with Crippen molar-refractivity contribution in [1.82, 2.24) is 14.7 Å².